The number of amides is 2. The van der Waals surface area contributed by atoms with Gasteiger partial charge in [-0.2, -0.15) is 0 Å². The van der Waals surface area contributed by atoms with Crippen molar-refractivity contribution in [3.63, 3.8) is 0 Å². The number of methoxy groups -OCH3 is 1. The normalized spacial score (nSPS) is 14.7. The lowest BCUT2D eigenvalue weighted by atomic mass is 10.1. The third kappa shape index (κ3) is 6.05. The number of rotatable bonds is 6. The van der Waals surface area contributed by atoms with E-state index in [0.717, 1.165) is 16.9 Å². The second-order valence-electron chi connectivity index (χ2n) is 6.47. The number of ether oxygens (including phenoxy) is 2. The fraction of sp³-hybridized carbons (Fsp3) is 0.217. The first kappa shape index (κ1) is 20.4. The van der Waals surface area contributed by atoms with Gasteiger partial charge in [-0.3, -0.25) is 9.59 Å². The van der Waals surface area contributed by atoms with E-state index in [0.29, 0.717) is 26.3 Å². The molecule has 2 aromatic carbocycles. The van der Waals surface area contributed by atoms with Crippen molar-refractivity contribution in [3.8, 4) is 5.75 Å². The van der Waals surface area contributed by atoms with Crippen molar-refractivity contribution in [1.82, 2.24) is 10.2 Å². The van der Waals surface area contributed by atoms with Gasteiger partial charge < -0.3 is 19.7 Å². The van der Waals surface area contributed by atoms with E-state index in [4.69, 9.17) is 9.47 Å². The zero-order chi connectivity index (χ0) is 20.5. The summed E-state index contributed by atoms with van der Waals surface area (Å²) in [5.74, 6) is 0.124. The van der Waals surface area contributed by atoms with Gasteiger partial charge in [-0.1, -0.05) is 42.5 Å². The fourth-order valence-electron chi connectivity index (χ4n) is 2.87. The highest BCUT2D eigenvalue weighted by atomic mass is 16.5. The molecule has 1 N–H and O–H groups in total. The van der Waals surface area contributed by atoms with Gasteiger partial charge in [0.05, 0.1) is 20.3 Å². The van der Waals surface area contributed by atoms with Crippen molar-refractivity contribution in [1.29, 1.82) is 0 Å². The van der Waals surface area contributed by atoms with Gasteiger partial charge in [-0.05, 0) is 35.4 Å². The van der Waals surface area contributed by atoms with Gasteiger partial charge in [0.25, 0.3) is 5.91 Å². The van der Waals surface area contributed by atoms with Crippen LogP contribution in [0.3, 0.4) is 0 Å². The molecule has 2 aromatic rings. The largest absolute Gasteiger partial charge is 0.497 e. The molecule has 150 valence electrons. The molecule has 1 fully saturated rings. The number of carbonyl (C=O) groups is 2. The van der Waals surface area contributed by atoms with Crippen LogP contribution in [-0.2, 0) is 14.3 Å². The predicted octanol–water partition coefficient (Wildman–Crippen LogP) is 2.72. The van der Waals surface area contributed by atoms with E-state index in [2.05, 4.69) is 5.32 Å². The smallest absolute Gasteiger partial charge is 0.270 e. The van der Waals surface area contributed by atoms with Crippen molar-refractivity contribution in [3.05, 3.63) is 77.5 Å². The van der Waals surface area contributed by atoms with E-state index >= 15 is 0 Å². The number of carbonyl (C=O) groups excluding carboxylic acids is 2. The summed E-state index contributed by atoms with van der Waals surface area (Å²) in [6, 6.07) is 16.8. The van der Waals surface area contributed by atoms with E-state index in [9.17, 15) is 9.59 Å². The van der Waals surface area contributed by atoms with Crippen LogP contribution in [0.15, 0.2) is 66.4 Å². The van der Waals surface area contributed by atoms with Crippen LogP contribution in [0.4, 0.5) is 0 Å². The van der Waals surface area contributed by atoms with E-state index in [-0.39, 0.29) is 17.5 Å². The Labute approximate surface area is 170 Å². The minimum Gasteiger partial charge on any atom is -0.497 e. The molecule has 1 aliphatic rings. The average molecular weight is 392 g/mol. The van der Waals surface area contributed by atoms with Crippen molar-refractivity contribution >= 4 is 24.0 Å². The summed E-state index contributed by atoms with van der Waals surface area (Å²) in [5.41, 5.74) is 1.91. The van der Waals surface area contributed by atoms with E-state index in [1.807, 2.05) is 42.5 Å². The Bertz CT molecular complexity index is 883. The van der Waals surface area contributed by atoms with Gasteiger partial charge >= 0.3 is 0 Å². The molecule has 1 heterocycles. The SMILES string of the molecule is COc1ccc(/C=C(/NC(=O)/C=C/c2ccccc2)C(=O)N2CCOCC2)cc1. The number of nitrogens with zero attached hydrogens (tertiary/aromatic N) is 1. The monoisotopic (exact) mass is 392 g/mol. The third-order valence-corrected chi connectivity index (χ3v) is 4.44. The van der Waals surface area contributed by atoms with Crippen LogP contribution in [0, 0.1) is 0 Å². The Balaban J connectivity index is 1.79. The summed E-state index contributed by atoms with van der Waals surface area (Å²) < 4.78 is 10.5. The number of hydrogen-bond acceptors (Lipinski definition) is 4. The van der Waals surface area contributed by atoms with Gasteiger partial charge in [0.1, 0.15) is 11.4 Å². The summed E-state index contributed by atoms with van der Waals surface area (Å²) in [5, 5.41) is 2.73. The lowest BCUT2D eigenvalue weighted by Crippen LogP contribution is -2.44. The Morgan fingerprint density at radius 1 is 1.00 bits per heavy atom. The van der Waals surface area contributed by atoms with Crippen molar-refractivity contribution < 1.29 is 19.1 Å². The van der Waals surface area contributed by atoms with Gasteiger partial charge in [0, 0.05) is 19.2 Å². The standard InChI is InChI=1S/C23H24N2O4/c1-28-20-10-7-19(8-11-20)17-21(23(27)25-13-15-29-16-14-25)24-22(26)12-9-18-5-3-2-4-6-18/h2-12,17H,13-16H2,1H3,(H,24,26)/b12-9+,21-17+. The molecule has 0 unspecified atom stereocenters. The number of benzene rings is 2. The second-order valence-corrected chi connectivity index (χ2v) is 6.47. The van der Waals surface area contributed by atoms with Crippen LogP contribution in [0.5, 0.6) is 5.75 Å². The van der Waals surface area contributed by atoms with E-state index < -0.39 is 0 Å². The molecule has 3 rings (SSSR count). The first-order valence-corrected chi connectivity index (χ1v) is 9.42. The Morgan fingerprint density at radius 2 is 1.69 bits per heavy atom. The highest BCUT2D eigenvalue weighted by molar-refractivity contribution is 6.04. The van der Waals surface area contributed by atoms with Gasteiger partial charge in [0.2, 0.25) is 5.91 Å². The zero-order valence-corrected chi connectivity index (χ0v) is 16.3. The molecule has 0 saturated carbocycles. The fourth-order valence-corrected chi connectivity index (χ4v) is 2.87. The predicted molar refractivity (Wildman–Crippen MR) is 112 cm³/mol. The molecule has 0 aliphatic carbocycles. The van der Waals surface area contributed by atoms with Crippen LogP contribution < -0.4 is 10.1 Å². The zero-order valence-electron chi connectivity index (χ0n) is 16.3. The molecule has 1 aliphatic heterocycles. The Morgan fingerprint density at radius 3 is 2.34 bits per heavy atom. The first-order chi connectivity index (χ1) is 14.2. The maximum Gasteiger partial charge on any atom is 0.270 e. The van der Waals surface area contributed by atoms with Gasteiger partial charge in [-0.15, -0.1) is 0 Å². The summed E-state index contributed by atoms with van der Waals surface area (Å²) in [7, 11) is 1.59. The maximum absolute atomic E-state index is 13.0. The quantitative estimate of drug-likeness (QED) is 0.768. The Kier molecular flexibility index (Phi) is 7.19. The van der Waals surface area contributed by atoms with Crippen molar-refractivity contribution in [2.75, 3.05) is 33.4 Å². The highest BCUT2D eigenvalue weighted by Crippen LogP contribution is 2.15. The van der Waals surface area contributed by atoms with Gasteiger partial charge in [-0.25, -0.2) is 0 Å². The van der Waals surface area contributed by atoms with Crippen molar-refractivity contribution in [2.45, 2.75) is 0 Å². The summed E-state index contributed by atoms with van der Waals surface area (Å²) in [4.78, 5) is 27.1. The number of morpholine rings is 1. The van der Waals surface area contributed by atoms with Crippen LogP contribution in [0.2, 0.25) is 0 Å². The summed E-state index contributed by atoms with van der Waals surface area (Å²) in [6.07, 6.45) is 4.80. The molecule has 2 amide bonds. The number of nitrogens with one attached hydrogen (secondary N) is 1. The second kappa shape index (κ2) is 10.2. The van der Waals surface area contributed by atoms with Crippen molar-refractivity contribution in [2.24, 2.45) is 0 Å². The van der Waals surface area contributed by atoms with Crippen LogP contribution >= 0.6 is 0 Å². The van der Waals surface area contributed by atoms with E-state index in [1.54, 1.807) is 36.3 Å². The van der Waals surface area contributed by atoms with Gasteiger partial charge in [0.15, 0.2) is 0 Å². The molecule has 0 atom stereocenters. The van der Waals surface area contributed by atoms with E-state index in [1.165, 1.54) is 6.08 Å². The summed E-state index contributed by atoms with van der Waals surface area (Å²) in [6.45, 7) is 1.97. The van der Waals surface area contributed by atoms with Crippen LogP contribution in [0.1, 0.15) is 11.1 Å². The molecule has 0 radical (unpaired) electrons. The lowest BCUT2D eigenvalue weighted by molar-refractivity contribution is -0.132. The maximum atomic E-state index is 13.0. The minimum absolute atomic E-state index is 0.222. The number of hydrogen-bond donors (Lipinski definition) is 1. The van der Waals surface area contributed by atoms with Crippen LogP contribution in [0.25, 0.3) is 12.2 Å². The molecule has 0 spiro atoms. The molecule has 6 heteroatoms. The molecule has 0 aromatic heterocycles. The van der Waals surface area contributed by atoms with Crippen LogP contribution in [-0.4, -0.2) is 50.1 Å². The minimum atomic E-state index is -0.366. The Hall–Kier alpha value is -3.38. The first-order valence-electron chi connectivity index (χ1n) is 9.42. The topological polar surface area (TPSA) is 67.9 Å². The lowest BCUT2D eigenvalue weighted by Gasteiger charge is -2.27. The molecule has 0 bridgehead atoms. The molecular formula is C23H24N2O4. The average Bonchev–Trinajstić information content (AvgIpc) is 2.78. The molecule has 6 nitrogen and oxygen atoms in total. The molecule has 1 saturated heterocycles. The molecular weight excluding hydrogens is 368 g/mol. The molecule has 29 heavy (non-hydrogen) atoms. The third-order valence-electron chi connectivity index (χ3n) is 4.44. The highest BCUT2D eigenvalue weighted by Gasteiger charge is 2.21. The summed E-state index contributed by atoms with van der Waals surface area (Å²) >= 11 is 0.